The lowest BCUT2D eigenvalue weighted by Crippen LogP contribution is -2.12. The second-order valence-electron chi connectivity index (χ2n) is 6.30. The summed E-state index contributed by atoms with van der Waals surface area (Å²) in [6.45, 7) is 1.51. The Morgan fingerprint density at radius 2 is 1.82 bits per heavy atom. The van der Waals surface area contributed by atoms with Crippen molar-refractivity contribution in [3.63, 3.8) is 0 Å². The molecule has 0 amide bonds. The van der Waals surface area contributed by atoms with E-state index in [1.807, 2.05) is 6.92 Å². The Balaban J connectivity index is 0.000000640. The number of alkyl halides is 3. The standard InChI is InChI=1S/C18H16F4O2.C3H6O/c1-23-16-4-2-3-15(18(20,21)22)14(16)10-24-17-8-7-12(19)9-13(17)11-5-6-11;1-2-3-4/h2-4,7-9,11H,5-6,10H2,1H3;3H,2H2,1H3. The van der Waals surface area contributed by atoms with Crippen LogP contribution in [-0.4, -0.2) is 13.4 Å². The molecule has 0 atom stereocenters. The smallest absolute Gasteiger partial charge is 0.416 e. The Morgan fingerprint density at radius 1 is 1.14 bits per heavy atom. The van der Waals surface area contributed by atoms with Gasteiger partial charge in [-0.05, 0) is 49.1 Å². The van der Waals surface area contributed by atoms with Gasteiger partial charge in [0.2, 0.25) is 0 Å². The Hall–Kier alpha value is -2.57. The second-order valence-corrected chi connectivity index (χ2v) is 6.30. The number of benzene rings is 2. The van der Waals surface area contributed by atoms with Crippen LogP contribution in [0.15, 0.2) is 36.4 Å². The van der Waals surface area contributed by atoms with E-state index in [4.69, 9.17) is 9.47 Å². The average Bonchev–Trinajstić information content (AvgIpc) is 3.51. The summed E-state index contributed by atoms with van der Waals surface area (Å²) in [7, 11) is 1.31. The Bertz CT molecular complexity index is 799. The Labute approximate surface area is 161 Å². The highest BCUT2D eigenvalue weighted by molar-refractivity contribution is 5.48. The molecule has 0 bridgehead atoms. The van der Waals surface area contributed by atoms with Gasteiger partial charge in [-0.1, -0.05) is 13.0 Å². The van der Waals surface area contributed by atoms with E-state index in [1.54, 1.807) is 0 Å². The highest BCUT2D eigenvalue weighted by Crippen LogP contribution is 2.45. The molecule has 0 heterocycles. The predicted molar refractivity (Wildman–Crippen MR) is 97.1 cm³/mol. The number of carbonyl (C=O) groups excluding carboxylic acids is 1. The molecule has 28 heavy (non-hydrogen) atoms. The zero-order valence-corrected chi connectivity index (χ0v) is 15.7. The van der Waals surface area contributed by atoms with Gasteiger partial charge in [0.05, 0.1) is 12.7 Å². The molecule has 1 saturated carbocycles. The summed E-state index contributed by atoms with van der Waals surface area (Å²) < 4.78 is 63.7. The molecule has 2 aromatic carbocycles. The lowest BCUT2D eigenvalue weighted by molar-refractivity contribution is -0.138. The van der Waals surface area contributed by atoms with E-state index < -0.39 is 11.7 Å². The van der Waals surface area contributed by atoms with E-state index in [-0.39, 0.29) is 29.7 Å². The first-order valence-corrected chi connectivity index (χ1v) is 8.90. The quantitative estimate of drug-likeness (QED) is 0.449. The van der Waals surface area contributed by atoms with Crippen molar-refractivity contribution in [2.45, 2.75) is 44.9 Å². The third-order valence-electron chi connectivity index (χ3n) is 4.19. The van der Waals surface area contributed by atoms with E-state index >= 15 is 0 Å². The third kappa shape index (κ3) is 5.71. The maximum Gasteiger partial charge on any atom is 0.416 e. The van der Waals surface area contributed by atoms with E-state index in [9.17, 15) is 22.4 Å². The summed E-state index contributed by atoms with van der Waals surface area (Å²) in [5.74, 6) is 0.366. The zero-order valence-electron chi connectivity index (χ0n) is 15.7. The van der Waals surface area contributed by atoms with Crippen molar-refractivity contribution in [1.29, 1.82) is 0 Å². The monoisotopic (exact) mass is 398 g/mol. The fraction of sp³-hybridized carbons (Fsp3) is 0.381. The van der Waals surface area contributed by atoms with Gasteiger partial charge in [0.1, 0.15) is 30.2 Å². The number of ether oxygens (including phenoxy) is 2. The minimum Gasteiger partial charge on any atom is -0.496 e. The molecular formula is C21H22F4O3. The van der Waals surface area contributed by atoms with Crippen LogP contribution in [-0.2, 0) is 17.6 Å². The molecule has 1 aliphatic carbocycles. The van der Waals surface area contributed by atoms with Crippen LogP contribution in [0.2, 0.25) is 0 Å². The molecule has 0 aliphatic heterocycles. The van der Waals surface area contributed by atoms with E-state index in [2.05, 4.69) is 0 Å². The van der Waals surface area contributed by atoms with E-state index in [0.717, 1.165) is 25.2 Å². The maximum atomic E-state index is 13.4. The van der Waals surface area contributed by atoms with Gasteiger partial charge in [-0.2, -0.15) is 13.2 Å². The molecule has 2 aromatic rings. The topological polar surface area (TPSA) is 35.5 Å². The van der Waals surface area contributed by atoms with E-state index in [1.165, 1.54) is 37.4 Å². The van der Waals surface area contributed by atoms with E-state index in [0.29, 0.717) is 17.7 Å². The number of hydrogen-bond acceptors (Lipinski definition) is 3. The molecule has 7 heteroatoms. The second kappa shape index (κ2) is 9.57. The van der Waals surface area contributed by atoms with Crippen molar-refractivity contribution >= 4 is 6.29 Å². The first kappa shape index (κ1) is 21.7. The SMILES string of the molecule is CCC=O.COc1cccc(C(F)(F)F)c1COc1ccc(F)cc1C1CC1. The van der Waals surface area contributed by atoms with Gasteiger partial charge >= 0.3 is 6.18 Å². The minimum absolute atomic E-state index is 0.0708. The number of aldehydes is 1. The van der Waals surface area contributed by atoms with Crippen LogP contribution in [0.5, 0.6) is 11.5 Å². The molecule has 3 nitrogen and oxygen atoms in total. The highest BCUT2D eigenvalue weighted by atomic mass is 19.4. The zero-order chi connectivity index (χ0) is 20.7. The molecule has 0 spiro atoms. The van der Waals surface area contributed by atoms with Gasteiger partial charge in [0.15, 0.2) is 0 Å². The molecule has 1 aliphatic rings. The van der Waals surface area contributed by atoms with Gasteiger partial charge in [0, 0.05) is 17.5 Å². The molecule has 3 rings (SSSR count). The van der Waals surface area contributed by atoms with Crippen LogP contribution >= 0.6 is 0 Å². The lowest BCUT2D eigenvalue weighted by Gasteiger charge is -2.18. The van der Waals surface area contributed by atoms with Crippen molar-refractivity contribution in [3.8, 4) is 11.5 Å². The molecule has 0 saturated heterocycles. The van der Waals surface area contributed by atoms with Crippen molar-refractivity contribution in [3.05, 3.63) is 58.9 Å². The minimum atomic E-state index is -4.50. The fourth-order valence-corrected chi connectivity index (χ4v) is 2.69. The Kier molecular flexibility index (Phi) is 7.43. The van der Waals surface area contributed by atoms with Crippen LogP contribution in [0.3, 0.4) is 0 Å². The average molecular weight is 398 g/mol. The van der Waals surface area contributed by atoms with Gasteiger partial charge in [-0.25, -0.2) is 4.39 Å². The maximum absolute atomic E-state index is 13.4. The van der Waals surface area contributed by atoms with Crippen LogP contribution in [0.1, 0.15) is 48.8 Å². The number of halogens is 4. The summed E-state index contributed by atoms with van der Waals surface area (Å²) >= 11 is 0. The molecule has 0 radical (unpaired) electrons. The Morgan fingerprint density at radius 3 is 2.36 bits per heavy atom. The molecule has 152 valence electrons. The predicted octanol–water partition coefficient (Wildman–Crippen LogP) is 5.90. The van der Waals surface area contributed by atoms with Gasteiger partial charge < -0.3 is 14.3 Å². The summed E-state index contributed by atoms with van der Waals surface area (Å²) in [6.07, 6.45) is -1.13. The lowest BCUT2D eigenvalue weighted by atomic mass is 10.1. The number of carbonyl (C=O) groups is 1. The van der Waals surface area contributed by atoms with Crippen LogP contribution in [0.4, 0.5) is 17.6 Å². The summed E-state index contributed by atoms with van der Waals surface area (Å²) in [4.78, 5) is 9.17. The van der Waals surface area contributed by atoms with Crippen LogP contribution in [0.25, 0.3) is 0 Å². The fourth-order valence-electron chi connectivity index (χ4n) is 2.69. The molecule has 0 N–H and O–H groups in total. The van der Waals surface area contributed by atoms with Crippen molar-refractivity contribution in [1.82, 2.24) is 0 Å². The highest BCUT2D eigenvalue weighted by Gasteiger charge is 2.35. The molecule has 1 fully saturated rings. The summed E-state index contributed by atoms with van der Waals surface area (Å²) in [6, 6.07) is 7.84. The largest absolute Gasteiger partial charge is 0.496 e. The number of rotatable bonds is 6. The van der Waals surface area contributed by atoms with Crippen LogP contribution < -0.4 is 9.47 Å². The van der Waals surface area contributed by atoms with Crippen molar-refractivity contribution in [2.75, 3.05) is 7.11 Å². The summed E-state index contributed by atoms with van der Waals surface area (Å²) in [5, 5.41) is 0. The van der Waals surface area contributed by atoms with Gasteiger partial charge in [-0.15, -0.1) is 0 Å². The summed E-state index contributed by atoms with van der Waals surface area (Å²) in [5.41, 5.74) is -0.158. The van der Waals surface area contributed by atoms with Crippen molar-refractivity contribution < 1.29 is 31.8 Å². The van der Waals surface area contributed by atoms with Gasteiger partial charge in [0.25, 0.3) is 0 Å². The molecule has 0 unspecified atom stereocenters. The van der Waals surface area contributed by atoms with Crippen LogP contribution in [0, 0.1) is 5.82 Å². The number of hydrogen-bond donors (Lipinski definition) is 0. The third-order valence-corrected chi connectivity index (χ3v) is 4.19. The first-order valence-electron chi connectivity index (χ1n) is 8.90. The normalized spacial score (nSPS) is 13.4. The van der Waals surface area contributed by atoms with Gasteiger partial charge in [-0.3, -0.25) is 0 Å². The molecular weight excluding hydrogens is 376 g/mol. The molecule has 0 aromatic heterocycles. The van der Waals surface area contributed by atoms with Crippen molar-refractivity contribution in [2.24, 2.45) is 0 Å². The first-order chi connectivity index (χ1) is 13.3. The number of methoxy groups -OCH3 is 1.